The first-order chi connectivity index (χ1) is 23.0. The van der Waals surface area contributed by atoms with Gasteiger partial charge in [0, 0.05) is 5.56 Å². The standard InChI is InChI=1S/C40H33F3O5/c41-40(42,43)36-23-21-32(22-24-36)31-14-12-30(13-15-31)26-48-37-4-2-1-3-33(37)16-9-28(25-29-10-19-35(20-11-29)39(46)47)6-5-27-7-17-34(18-8-27)38(44)45/h1-4,7-24,28H,5-6,25-26H2,(H,44,45)(H,46,47)/b16-9+. The van der Waals surface area contributed by atoms with Crippen LogP contribution in [0.4, 0.5) is 13.2 Å². The van der Waals surface area contributed by atoms with Crippen molar-refractivity contribution in [3.8, 4) is 16.9 Å². The van der Waals surface area contributed by atoms with Crippen molar-refractivity contribution < 1.29 is 37.7 Å². The second kappa shape index (κ2) is 15.3. The van der Waals surface area contributed by atoms with Gasteiger partial charge in [-0.15, -0.1) is 0 Å². The summed E-state index contributed by atoms with van der Waals surface area (Å²) in [6.45, 7) is 0.295. The maximum atomic E-state index is 12.9. The fourth-order valence-corrected chi connectivity index (χ4v) is 5.31. The number of benzene rings is 5. The van der Waals surface area contributed by atoms with Crippen LogP contribution in [0.1, 0.15) is 55.0 Å². The van der Waals surface area contributed by atoms with Crippen molar-refractivity contribution in [2.24, 2.45) is 5.92 Å². The largest absolute Gasteiger partial charge is 0.488 e. The van der Waals surface area contributed by atoms with Gasteiger partial charge in [0.1, 0.15) is 12.4 Å². The van der Waals surface area contributed by atoms with Crippen LogP contribution in [0.25, 0.3) is 17.2 Å². The molecule has 0 radical (unpaired) electrons. The van der Waals surface area contributed by atoms with Crippen molar-refractivity contribution in [3.05, 3.63) is 166 Å². The van der Waals surface area contributed by atoms with Crippen LogP contribution in [0.3, 0.4) is 0 Å². The highest BCUT2D eigenvalue weighted by Crippen LogP contribution is 2.31. The van der Waals surface area contributed by atoms with Crippen LogP contribution in [0, 0.1) is 5.92 Å². The fraction of sp³-hybridized carbons (Fsp3) is 0.150. The van der Waals surface area contributed by atoms with Gasteiger partial charge in [-0.3, -0.25) is 0 Å². The summed E-state index contributed by atoms with van der Waals surface area (Å²) in [5, 5.41) is 18.5. The molecular weight excluding hydrogens is 617 g/mol. The number of alkyl halides is 3. The summed E-state index contributed by atoms with van der Waals surface area (Å²) in [4.78, 5) is 22.6. The van der Waals surface area contributed by atoms with E-state index in [9.17, 15) is 33.0 Å². The third-order valence-corrected chi connectivity index (χ3v) is 8.06. The predicted octanol–water partition coefficient (Wildman–Crippen LogP) is 9.85. The van der Waals surface area contributed by atoms with Crippen molar-refractivity contribution in [2.45, 2.75) is 32.0 Å². The van der Waals surface area contributed by atoms with Gasteiger partial charge in [0.05, 0.1) is 16.7 Å². The first-order valence-electron chi connectivity index (χ1n) is 15.4. The zero-order valence-electron chi connectivity index (χ0n) is 25.9. The maximum Gasteiger partial charge on any atom is 0.416 e. The van der Waals surface area contributed by atoms with Crippen LogP contribution in [0.2, 0.25) is 0 Å². The van der Waals surface area contributed by atoms with E-state index in [0.29, 0.717) is 24.3 Å². The number of ether oxygens (including phenoxy) is 1. The molecule has 5 rings (SSSR count). The number of allylic oxidation sites excluding steroid dienone is 1. The van der Waals surface area contributed by atoms with E-state index in [1.807, 2.05) is 78.9 Å². The molecule has 0 bridgehead atoms. The Kier molecular flexibility index (Phi) is 10.8. The lowest BCUT2D eigenvalue weighted by atomic mass is 9.91. The summed E-state index contributed by atoms with van der Waals surface area (Å²) in [7, 11) is 0. The van der Waals surface area contributed by atoms with Gasteiger partial charge in [0.25, 0.3) is 0 Å². The topological polar surface area (TPSA) is 83.8 Å². The number of para-hydroxylation sites is 1. The Labute approximate surface area is 276 Å². The number of carboxylic acids is 2. The molecule has 0 amide bonds. The molecular formula is C40H33F3O5. The van der Waals surface area contributed by atoms with E-state index >= 15 is 0 Å². The normalized spacial score (nSPS) is 12.1. The SMILES string of the molecule is O=C(O)c1ccc(CCC(/C=C/c2ccccc2OCc2ccc(-c3ccc(C(F)(F)F)cc3)cc2)Cc2ccc(C(=O)O)cc2)cc1. The van der Waals surface area contributed by atoms with Gasteiger partial charge in [-0.2, -0.15) is 13.2 Å². The Hall–Kier alpha value is -5.63. The molecule has 0 aliphatic rings. The summed E-state index contributed by atoms with van der Waals surface area (Å²) in [6, 6.07) is 33.9. The summed E-state index contributed by atoms with van der Waals surface area (Å²) < 4.78 is 44.9. The first-order valence-corrected chi connectivity index (χ1v) is 15.4. The highest BCUT2D eigenvalue weighted by molar-refractivity contribution is 5.88. The molecule has 1 unspecified atom stereocenters. The first kappa shape index (κ1) is 33.7. The third kappa shape index (κ3) is 9.22. The van der Waals surface area contributed by atoms with Crippen LogP contribution in [-0.2, 0) is 25.6 Å². The second-order valence-electron chi connectivity index (χ2n) is 11.5. The number of aromatic carboxylic acids is 2. The molecule has 244 valence electrons. The molecule has 1 atom stereocenters. The van der Waals surface area contributed by atoms with Crippen LogP contribution >= 0.6 is 0 Å². The minimum Gasteiger partial charge on any atom is -0.488 e. The third-order valence-electron chi connectivity index (χ3n) is 8.06. The van der Waals surface area contributed by atoms with Gasteiger partial charge in [-0.1, -0.05) is 91.0 Å². The number of aryl methyl sites for hydroxylation is 1. The Balaban J connectivity index is 1.27. The lowest BCUT2D eigenvalue weighted by Gasteiger charge is -2.15. The lowest BCUT2D eigenvalue weighted by molar-refractivity contribution is -0.137. The highest BCUT2D eigenvalue weighted by Gasteiger charge is 2.30. The van der Waals surface area contributed by atoms with Crippen molar-refractivity contribution in [3.63, 3.8) is 0 Å². The number of hydrogen-bond acceptors (Lipinski definition) is 3. The summed E-state index contributed by atoms with van der Waals surface area (Å²) >= 11 is 0. The molecule has 2 N–H and O–H groups in total. The predicted molar refractivity (Wildman–Crippen MR) is 179 cm³/mol. The van der Waals surface area contributed by atoms with Gasteiger partial charge in [0.15, 0.2) is 0 Å². The number of hydrogen-bond donors (Lipinski definition) is 2. The quantitative estimate of drug-likeness (QED) is 0.133. The average Bonchev–Trinajstić information content (AvgIpc) is 3.09. The van der Waals surface area contributed by atoms with E-state index in [1.165, 1.54) is 12.1 Å². The van der Waals surface area contributed by atoms with E-state index in [1.54, 1.807) is 24.3 Å². The lowest BCUT2D eigenvalue weighted by Crippen LogP contribution is -2.05. The molecule has 8 heteroatoms. The zero-order valence-corrected chi connectivity index (χ0v) is 25.9. The van der Waals surface area contributed by atoms with Crippen molar-refractivity contribution in [2.75, 3.05) is 0 Å². The molecule has 48 heavy (non-hydrogen) atoms. The minimum absolute atomic E-state index is 0.0885. The minimum atomic E-state index is -4.38. The van der Waals surface area contributed by atoms with Crippen LogP contribution < -0.4 is 4.74 Å². The van der Waals surface area contributed by atoms with E-state index in [2.05, 4.69) is 6.08 Å². The van der Waals surface area contributed by atoms with Gasteiger partial charge in [-0.05, 0) is 95.5 Å². The molecule has 0 aliphatic heterocycles. The Bertz CT molecular complexity index is 1860. The molecule has 5 aromatic rings. The van der Waals surface area contributed by atoms with E-state index in [0.717, 1.165) is 52.8 Å². The second-order valence-corrected chi connectivity index (χ2v) is 11.5. The number of carbonyl (C=O) groups is 2. The smallest absolute Gasteiger partial charge is 0.416 e. The summed E-state index contributed by atoms with van der Waals surface area (Å²) in [5.74, 6) is -1.17. The van der Waals surface area contributed by atoms with Crippen molar-refractivity contribution in [1.82, 2.24) is 0 Å². The molecule has 0 aromatic heterocycles. The van der Waals surface area contributed by atoms with E-state index in [-0.39, 0.29) is 17.0 Å². The van der Waals surface area contributed by atoms with Gasteiger partial charge in [0.2, 0.25) is 0 Å². The maximum absolute atomic E-state index is 12.9. The molecule has 5 nitrogen and oxygen atoms in total. The summed E-state index contributed by atoms with van der Waals surface area (Å²) in [6.07, 6.45) is 1.95. The fourth-order valence-electron chi connectivity index (χ4n) is 5.31. The molecule has 0 fully saturated rings. The van der Waals surface area contributed by atoms with Crippen molar-refractivity contribution >= 4 is 18.0 Å². The van der Waals surface area contributed by atoms with Gasteiger partial charge in [-0.25, -0.2) is 9.59 Å². The van der Waals surface area contributed by atoms with Crippen molar-refractivity contribution in [1.29, 1.82) is 0 Å². The molecule has 0 spiro atoms. The zero-order chi connectivity index (χ0) is 34.1. The number of halogens is 3. The molecule has 0 saturated carbocycles. The van der Waals surface area contributed by atoms with Crippen LogP contribution in [0.15, 0.2) is 127 Å². The Morgan fingerprint density at radius 1 is 0.667 bits per heavy atom. The molecule has 5 aromatic carbocycles. The highest BCUT2D eigenvalue weighted by atomic mass is 19.4. The molecule has 0 heterocycles. The van der Waals surface area contributed by atoms with Gasteiger partial charge >= 0.3 is 18.1 Å². The Morgan fingerprint density at radius 2 is 1.19 bits per heavy atom. The summed E-state index contributed by atoms with van der Waals surface area (Å²) in [5.41, 5.74) is 5.08. The van der Waals surface area contributed by atoms with Gasteiger partial charge < -0.3 is 14.9 Å². The molecule has 0 aliphatic carbocycles. The molecule has 0 saturated heterocycles. The van der Waals surface area contributed by atoms with E-state index in [4.69, 9.17) is 4.74 Å². The number of carboxylic acid groups (broad SMARTS) is 2. The van der Waals surface area contributed by atoms with Crippen LogP contribution in [0.5, 0.6) is 5.75 Å². The van der Waals surface area contributed by atoms with E-state index < -0.39 is 23.7 Å². The average molecular weight is 651 g/mol. The Morgan fingerprint density at radius 3 is 1.75 bits per heavy atom. The van der Waals surface area contributed by atoms with Crippen LogP contribution in [-0.4, -0.2) is 22.2 Å². The number of rotatable bonds is 13. The monoisotopic (exact) mass is 650 g/mol.